The Hall–Kier alpha value is -2.22. The minimum atomic E-state index is -2.32. The van der Waals surface area contributed by atoms with E-state index >= 15 is 0 Å². The number of halogens is 3. The molecule has 0 radical (unpaired) electrons. The Morgan fingerprint density at radius 3 is 2.71 bits per heavy atom. The van der Waals surface area contributed by atoms with Gasteiger partial charge in [0.2, 0.25) is 18.2 Å². The monoisotopic (exact) mass is 356 g/mol. The molecule has 3 rings (SSSR count). The van der Waals surface area contributed by atoms with E-state index < -0.39 is 6.43 Å². The number of amides is 1. The summed E-state index contributed by atoms with van der Waals surface area (Å²) in [5.74, 6) is 0.00295. The average Bonchev–Trinajstić information content (AvgIpc) is 2.97. The fourth-order valence-corrected chi connectivity index (χ4v) is 2.57. The quantitative estimate of drug-likeness (QED) is 0.861. The van der Waals surface area contributed by atoms with Crippen molar-refractivity contribution in [2.24, 2.45) is 5.92 Å². The number of alkyl halides is 2. The van der Waals surface area contributed by atoms with Crippen molar-refractivity contribution < 1.29 is 18.0 Å². The van der Waals surface area contributed by atoms with Gasteiger partial charge in [0.05, 0.1) is 6.54 Å². The van der Waals surface area contributed by atoms with Crippen molar-refractivity contribution in [3.05, 3.63) is 29.3 Å². The van der Waals surface area contributed by atoms with E-state index in [4.69, 9.17) is 16.0 Å². The first-order valence-corrected chi connectivity index (χ1v) is 7.78. The molecule has 1 aromatic carbocycles. The third-order valence-electron chi connectivity index (χ3n) is 3.73. The van der Waals surface area contributed by atoms with Crippen molar-refractivity contribution >= 4 is 23.5 Å². The molecule has 0 bridgehead atoms. The molecule has 1 saturated heterocycles. The van der Waals surface area contributed by atoms with Crippen LogP contribution in [0.25, 0.3) is 11.5 Å². The molecule has 2 heterocycles. The molecule has 24 heavy (non-hydrogen) atoms. The fourth-order valence-electron chi connectivity index (χ4n) is 2.44. The minimum absolute atomic E-state index is 0.0242. The fraction of sp³-hybridized carbons (Fsp3) is 0.400. The number of anilines is 1. The van der Waals surface area contributed by atoms with Gasteiger partial charge >= 0.3 is 6.01 Å². The van der Waals surface area contributed by atoms with E-state index in [1.54, 1.807) is 24.3 Å². The summed E-state index contributed by atoms with van der Waals surface area (Å²) in [4.78, 5) is 13.4. The number of aromatic nitrogens is 2. The van der Waals surface area contributed by atoms with Crippen molar-refractivity contribution in [3.8, 4) is 11.5 Å². The molecule has 1 fully saturated rings. The van der Waals surface area contributed by atoms with Crippen LogP contribution in [0, 0.1) is 5.92 Å². The summed E-state index contributed by atoms with van der Waals surface area (Å²) in [5.41, 5.74) is 0.712. The second-order valence-electron chi connectivity index (χ2n) is 5.56. The lowest BCUT2D eigenvalue weighted by Crippen LogP contribution is -2.52. The van der Waals surface area contributed by atoms with Crippen LogP contribution in [-0.4, -0.2) is 47.1 Å². The number of carbonyl (C=O) groups excluding carboxylic acids is 1. The summed E-state index contributed by atoms with van der Waals surface area (Å²) < 4.78 is 29.9. The standard InChI is InChI=1S/C15H15ClF2N4O2/c16-11-3-1-10(2-4-11)14-20-21-15(24-14)19-6-13(23)22-7-9(8-22)5-12(17)18/h1-4,9,12H,5-8H2,(H,19,21). The molecule has 0 unspecified atom stereocenters. The summed E-state index contributed by atoms with van der Waals surface area (Å²) in [5, 5.41) is 11.0. The van der Waals surface area contributed by atoms with Gasteiger partial charge in [-0.2, -0.15) is 0 Å². The number of carbonyl (C=O) groups is 1. The van der Waals surface area contributed by atoms with Crippen molar-refractivity contribution in [3.63, 3.8) is 0 Å². The van der Waals surface area contributed by atoms with Gasteiger partial charge in [-0.1, -0.05) is 16.7 Å². The summed E-state index contributed by atoms with van der Waals surface area (Å²) in [6.07, 6.45) is -2.49. The van der Waals surface area contributed by atoms with E-state index in [1.807, 2.05) is 0 Å². The van der Waals surface area contributed by atoms with Crippen molar-refractivity contribution in [2.75, 3.05) is 25.0 Å². The lowest BCUT2D eigenvalue weighted by Gasteiger charge is -2.39. The highest BCUT2D eigenvalue weighted by Crippen LogP contribution is 2.23. The van der Waals surface area contributed by atoms with Gasteiger partial charge in [-0.15, -0.1) is 5.10 Å². The van der Waals surface area contributed by atoms with Crippen LogP contribution in [0.5, 0.6) is 0 Å². The van der Waals surface area contributed by atoms with Crippen LogP contribution in [0.3, 0.4) is 0 Å². The number of nitrogens with zero attached hydrogens (tertiary/aromatic N) is 3. The van der Waals surface area contributed by atoms with Crippen LogP contribution in [0.2, 0.25) is 5.02 Å². The molecule has 6 nitrogen and oxygen atoms in total. The first kappa shape index (κ1) is 16.6. The highest BCUT2D eigenvalue weighted by atomic mass is 35.5. The number of hydrogen-bond donors (Lipinski definition) is 1. The molecule has 0 spiro atoms. The first-order chi connectivity index (χ1) is 11.5. The normalized spacial score (nSPS) is 14.8. The van der Waals surface area contributed by atoms with Crippen molar-refractivity contribution in [2.45, 2.75) is 12.8 Å². The molecule has 0 aliphatic carbocycles. The zero-order valence-corrected chi connectivity index (χ0v) is 13.3. The highest BCUT2D eigenvalue weighted by Gasteiger charge is 2.32. The number of likely N-dealkylation sites (tertiary alicyclic amines) is 1. The Morgan fingerprint density at radius 2 is 2.04 bits per heavy atom. The maximum Gasteiger partial charge on any atom is 0.316 e. The molecule has 1 aliphatic heterocycles. The lowest BCUT2D eigenvalue weighted by molar-refractivity contribution is -0.136. The minimum Gasteiger partial charge on any atom is -0.403 e. The van der Waals surface area contributed by atoms with Crippen LogP contribution in [0.15, 0.2) is 28.7 Å². The molecular weight excluding hydrogens is 342 g/mol. The van der Waals surface area contributed by atoms with Crippen molar-refractivity contribution in [1.82, 2.24) is 15.1 Å². The van der Waals surface area contributed by atoms with E-state index in [0.29, 0.717) is 29.6 Å². The van der Waals surface area contributed by atoms with Crippen LogP contribution in [0.1, 0.15) is 6.42 Å². The molecule has 1 N–H and O–H groups in total. The van der Waals surface area contributed by atoms with E-state index in [2.05, 4.69) is 15.5 Å². The second kappa shape index (κ2) is 7.12. The predicted octanol–water partition coefficient (Wildman–Crippen LogP) is 2.92. The Labute approximate surface area is 141 Å². The van der Waals surface area contributed by atoms with Gasteiger partial charge in [0.1, 0.15) is 0 Å². The predicted molar refractivity (Wildman–Crippen MR) is 83.9 cm³/mol. The number of benzene rings is 1. The van der Waals surface area contributed by atoms with Crippen molar-refractivity contribution in [1.29, 1.82) is 0 Å². The van der Waals surface area contributed by atoms with Crippen LogP contribution in [-0.2, 0) is 4.79 Å². The van der Waals surface area contributed by atoms with Gasteiger partial charge in [0.15, 0.2) is 0 Å². The number of nitrogens with one attached hydrogen (secondary N) is 1. The molecule has 9 heteroatoms. The largest absolute Gasteiger partial charge is 0.403 e. The lowest BCUT2D eigenvalue weighted by atomic mass is 9.96. The summed E-state index contributed by atoms with van der Waals surface area (Å²) >= 11 is 5.81. The summed E-state index contributed by atoms with van der Waals surface area (Å²) in [7, 11) is 0. The van der Waals surface area contributed by atoms with Gasteiger partial charge in [-0.3, -0.25) is 4.79 Å². The number of rotatable bonds is 6. The van der Waals surface area contributed by atoms with E-state index in [-0.39, 0.29) is 30.8 Å². The molecule has 2 aromatic rings. The molecule has 1 aliphatic rings. The Kier molecular flexibility index (Phi) is 4.94. The third kappa shape index (κ3) is 4.00. The van der Waals surface area contributed by atoms with E-state index in [9.17, 15) is 13.6 Å². The molecule has 0 saturated carbocycles. The zero-order chi connectivity index (χ0) is 17.1. The van der Waals surface area contributed by atoms with Crippen LogP contribution >= 0.6 is 11.6 Å². The smallest absolute Gasteiger partial charge is 0.316 e. The Bertz CT molecular complexity index is 702. The Morgan fingerprint density at radius 1 is 1.33 bits per heavy atom. The molecule has 1 aromatic heterocycles. The summed E-state index contributed by atoms with van der Waals surface area (Å²) in [6.45, 7) is 0.707. The average molecular weight is 357 g/mol. The van der Waals surface area contributed by atoms with Crippen LogP contribution in [0.4, 0.5) is 14.8 Å². The molecular formula is C15H15ClF2N4O2. The highest BCUT2D eigenvalue weighted by molar-refractivity contribution is 6.30. The van der Waals surface area contributed by atoms with Crippen LogP contribution < -0.4 is 5.32 Å². The topological polar surface area (TPSA) is 71.3 Å². The number of hydrogen-bond acceptors (Lipinski definition) is 5. The van der Waals surface area contributed by atoms with Gasteiger partial charge < -0.3 is 14.6 Å². The second-order valence-corrected chi connectivity index (χ2v) is 6.00. The Balaban J connectivity index is 1.47. The van der Waals surface area contributed by atoms with Gasteiger partial charge in [0.25, 0.3) is 0 Å². The third-order valence-corrected chi connectivity index (χ3v) is 3.98. The first-order valence-electron chi connectivity index (χ1n) is 7.40. The SMILES string of the molecule is O=C(CNc1nnc(-c2ccc(Cl)cc2)o1)N1CC(CC(F)F)C1. The maximum absolute atomic E-state index is 12.2. The zero-order valence-electron chi connectivity index (χ0n) is 12.6. The van der Waals surface area contributed by atoms with Gasteiger partial charge in [0, 0.05) is 30.1 Å². The van der Waals surface area contributed by atoms with E-state index in [1.165, 1.54) is 4.90 Å². The molecule has 128 valence electrons. The van der Waals surface area contributed by atoms with Gasteiger partial charge in [-0.05, 0) is 30.2 Å². The molecule has 0 atom stereocenters. The van der Waals surface area contributed by atoms with E-state index in [0.717, 1.165) is 0 Å². The molecule has 1 amide bonds. The summed E-state index contributed by atoms with van der Waals surface area (Å²) in [6, 6.07) is 7.02. The maximum atomic E-state index is 12.2. The van der Waals surface area contributed by atoms with Gasteiger partial charge in [-0.25, -0.2) is 8.78 Å².